The van der Waals surface area contributed by atoms with Gasteiger partial charge in [-0.15, -0.1) is 5.73 Å². The van der Waals surface area contributed by atoms with Crippen LogP contribution in [0.25, 0.3) is 55.3 Å². The van der Waals surface area contributed by atoms with Crippen LogP contribution in [0.1, 0.15) is 34.2 Å². The van der Waals surface area contributed by atoms with Crippen LogP contribution in [0.3, 0.4) is 0 Å². The van der Waals surface area contributed by atoms with E-state index in [-0.39, 0.29) is 0 Å². The van der Waals surface area contributed by atoms with Gasteiger partial charge in [-0.05, 0) is 144 Å². The zero-order valence-electron chi connectivity index (χ0n) is 33.9. The molecule has 0 radical (unpaired) electrons. The minimum atomic E-state index is 0.878. The van der Waals surface area contributed by atoms with Crippen molar-refractivity contribution < 1.29 is 0 Å². The van der Waals surface area contributed by atoms with Crippen molar-refractivity contribution in [3.05, 3.63) is 258 Å². The van der Waals surface area contributed by atoms with Crippen LogP contribution >= 0.6 is 0 Å². The molecule has 0 N–H and O–H groups in total. The summed E-state index contributed by atoms with van der Waals surface area (Å²) in [6, 6.07) is 61.5. The average molecular weight is 769 g/mol. The largest absolute Gasteiger partial charge is 0.310 e. The zero-order valence-corrected chi connectivity index (χ0v) is 33.9. The van der Waals surface area contributed by atoms with Crippen molar-refractivity contribution in [3.8, 4) is 16.8 Å². The Bertz CT molecular complexity index is 3050. The summed E-state index contributed by atoms with van der Waals surface area (Å²) >= 11 is 0. The predicted molar refractivity (Wildman–Crippen MR) is 256 cm³/mol. The lowest BCUT2D eigenvalue weighted by molar-refractivity contribution is 1.18. The molecule has 2 heteroatoms. The van der Waals surface area contributed by atoms with E-state index in [4.69, 9.17) is 0 Å². The smallest absolute Gasteiger partial charge is 0.0541 e. The summed E-state index contributed by atoms with van der Waals surface area (Å²) in [6.07, 6.45) is 18.4. The second kappa shape index (κ2) is 16.0. The van der Waals surface area contributed by atoms with Gasteiger partial charge in [0.2, 0.25) is 0 Å². The molecular formula is C58H44N2. The Morgan fingerprint density at radius 1 is 0.483 bits per heavy atom. The standard InChI is InChI=1S/C58H44N2/c1-41-19-37-57-55(39-41)56-40-42(2)20-38-58(56)60(57)54-35-28-50(29-36-54)49-26-33-53(34-27-49)59(51-18-10-17-47(23-30-51)44-13-7-4-8-14-44)52-31-24-48(25-32-52)46-16-9-15-45(21-22-46)43-11-5-3-6-12-43/h3-15,18-40H,16H2,1-2H3. The molecule has 0 atom stereocenters. The maximum atomic E-state index is 3.51. The summed E-state index contributed by atoms with van der Waals surface area (Å²) in [7, 11) is 0. The highest BCUT2D eigenvalue weighted by atomic mass is 15.1. The maximum Gasteiger partial charge on any atom is 0.0541 e. The first-order valence-electron chi connectivity index (χ1n) is 20.7. The zero-order chi connectivity index (χ0) is 40.4. The van der Waals surface area contributed by atoms with Gasteiger partial charge < -0.3 is 9.47 Å². The van der Waals surface area contributed by atoms with Gasteiger partial charge in [0.15, 0.2) is 0 Å². The molecule has 0 aliphatic heterocycles. The van der Waals surface area contributed by atoms with Crippen molar-refractivity contribution in [1.82, 2.24) is 4.57 Å². The van der Waals surface area contributed by atoms with E-state index in [2.05, 4.69) is 235 Å². The summed E-state index contributed by atoms with van der Waals surface area (Å²) in [4.78, 5) is 2.33. The van der Waals surface area contributed by atoms with Crippen LogP contribution in [-0.4, -0.2) is 4.57 Å². The molecule has 0 bridgehead atoms. The van der Waals surface area contributed by atoms with Crippen LogP contribution in [-0.2, 0) is 0 Å². The monoisotopic (exact) mass is 768 g/mol. The van der Waals surface area contributed by atoms with Gasteiger partial charge in [-0.1, -0.05) is 145 Å². The highest BCUT2D eigenvalue weighted by Gasteiger charge is 2.17. The van der Waals surface area contributed by atoms with Crippen molar-refractivity contribution in [3.63, 3.8) is 0 Å². The fourth-order valence-corrected chi connectivity index (χ4v) is 8.51. The number of aromatic nitrogens is 1. The lowest BCUT2D eigenvalue weighted by Gasteiger charge is -2.27. The average Bonchev–Trinajstić information content (AvgIpc) is 3.50. The van der Waals surface area contributed by atoms with Gasteiger partial charge in [-0.3, -0.25) is 0 Å². The predicted octanol–water partition coefficient (Wildman–Crippen LogP) is 15.3. The van der Waals surface area contributed by atoms with Crippen LogP contribution in [0, 0.1) is 13.8 Å². The fraction of sp³-hybridized carbons (Fsp3) is 0.0517. The Morgan fingerprint density at radius 2 is 1.05 bits per heavy atom. The molecule has 8 aromatic rings. The first-order valence-corrected chi connectivity index (χ1v) is 20.7. The molecule has 1 aromatic heterocycles. The van der Waals surface area contributed by atoms with Crippen molar-refractivity contribution >= 4 is 49.9 Å². The number of benzene rings is 7. The van der Waals surface area contributed by atoms with E-state index in [1.54, 1.807) is 0 Å². The Labute approximate surface area is 352 Å². The third kappa shape index (κ3) is 7.22. The highest BCUT2D eigenvalue weighted by Crippen LogP contribution is 2.37. The topological polar surface area (TPSA) is 8.17 Å². The van der Waals surface area contributed by atoms with Gasteiger partial charge >= 0.3 is 0 Å². The number of aryl methyl sites for hydroxylation is 2. The summed E-state index contributed by atoms with van der Waals surface area (Å²) in [5.41, 5.74) is 22.4. The molecule has 7 aromatic carbocycles. The third-order valence-corrected chi connectivity index (χ3v) is 11.6. The molecule has 0 saturated carbocycles. The Morgan fingerprint density at radius 3 is 1.67 bits per heavy atom. The van der Waals surface area contributed by atoms with Crippen molar-refractivity contribution in [2.24, 2.45) is 0 Å². The van der Waals surface area contributed by atoms with Gasteiger partial charge in [-0.2, -0.15) is 0 Å². The lowest BCUT2D eigenvalue weighted by atomic mass is 10.0. The van der Waals surface area contributed by atoms with E-state index >= 15 is 0 Å². The SMILES string of the molecule is Cc1ccc2c(c1)c1cc(C)ccc1n2-c1ccc(-c2ccc(N(C3=CC=C=C(c4ccccc4)C=C3)c3ccc(C4=CC=C(c5ccccc5)C=CC4)cc3)cc2)cc1. The molecule has 2 nitrogen and oxygen atoms in total. The summed E-state index contributed by atoms with van der Waals surface area (Å²) < 4.78 is 2.39. The van der Waals surface area contributed by atoms with E-state index in [0.29, 0.717) is 0 Å². The number of rotatable bonds is 8. The molecule has 0 unspecified atom stereocenters. The number of hydrogen-bond acceptors (Lipinski definition) is 1. The Hall–Kier alpha value is -7.64. The van der Waals surface area contributed by atoms with E-state index in [1.165, 1.54) is 66.3 Å². The molecule has 0 spiro atoms. The number of hydrogen-bond donors (Lipinski definition) is 0. The molecule has 0 fully saturated rings. The first kappa shape index (κ1) is 36.7. The number of fused-ring (bicyclic) bond motifs is 3. The molecule has 60 heavy (non-hydrogen) atoms. The molecule has 0 amide bonds. The Kier molecular flexibility index (Phi) is 9.75. The van der Waals surface area contributed by atoms with Crippen LogP contribution in [0.4, 0.5) is 11.4 Å². The maximum absolute atomic E-state index is 3.51. The molecular weight excluding hydrogens is 725 g/mol. The van der Waals surface area contributed by atoms with Crippen LogP contribution in [0.15, 0.2) is 230 Å². The molecule has 286 valence electrons. The van der Waals surface area contributed by atoms with Crippen molar-refractivity contribution in [1.29, 1.82) is 0 Å². The second-order valence-corrected chi connectivity index (χ2v) is 15.7. The Balaban J connectivity index is 0.969. The molecule has 1 heterocycles. The van der Waals surface area contributed by atoms with Gasteiger partial charge in [0.05, 0.1) is 11.0 Å². The van der Waals surface area contributed by atoms with E-state index < -0.39 is 0 Å². The van der Waals surface area contributed by atoms with E-state index in [1.807, 2.05) is 12.1 Å². The lowest BCUT2D eigenvalue weighted by Crippen LogP contribution is -2.15. The first-order chi connectivity index (χ1) is 29.6. The second-order valence-electron chi connectivity index (χ2n) is 15.7. The third-order valence-electron chi connectivity index (χ3n) is 11.6. The molecule has 2 aliphatic carbocycles. The van der Waals surface area contributed by atoms with Crippen LogP contribution < -0.4 is 4.90 Å². The van der Waals surface area contributed by atoms with Gasteiger partial charge in [0.25, 0.3) is 0 Å². The normalized spacial score (nSPS) is 13.7. The van der Waals surface area contributed by atoms with Gasteiger partial charge in [0, 0.05) is 39.1 Å². The fourth-order valence-electron chi connectivity index (χ4n) is 8.51. The van der Waals surface area contributed by atoms with Crippen molar-refractivity contribution in [2.75, 3.05) is 4.90 Å². The van der Waals surface area contributed by atoms with Crippen LogP contribution in [0.2, 0.25) is 0 Å². The minimum Gasteiger partial charge on any atom is -0.310 e. The van der Waals surface area contributed by atoms with E-state index in [9.17, 15) is 0 Å². The summed E-state index contributed by atoms with van der Waals surface area (Å²) in [5, 5.41) is 2.59. The van der Waals surface area contributed by atoms with E-state index in [0.717, 1.165) is 40.3 Å². The molecule has 2 aliphatic rings. The molecule has 10 rings (SSSR count). The van der Waals surface area contributed by atoms with Crippen molar-refractivity contribution in [2.45, 2.75) is 20.3 Å². The van der Waals surface area contributed by atoms with Gasteiger partial charge in [0.1, 0.15) is 0 Å². The van der Waals surface area contributed by atoms with Gasteiger partial charge in [-0.25, -0.2) is 0 Å². The summed E-state index contributed by atoms with van der Waals surface area (Å²) in [5.74, 6) is 0. The van der Waals surface area contributed by atoms with Crippen LogP contribution in [0.5, 0.6) is 0 Å². The summed E-state index contributed by atoms with van der Waals surface area (Å²) in [6.45, 7) is 4.34. The molecule has 0 saturated heterocycles. The number of nitrogens with zero attached hydrogens (tertiary/aromatic N) is 2. The quantitative estimate of drug-likeness (QED) is 0.140. The highest BCUT2D eigenvalue weighted by molar-refractivity contribution is 6.09. The minimum absolute atomic E-state index is 0.878. The number of allylic oxidation sites excluding steroid dienone is 10. The number of anilines is 2.